The molecule has 0 radical (unpaired) electrons. The smallest absolute Gasteiger partial charge is 0.162 e. The van der Waals surface area contributed by atoms with E-state index >= 15 is 0 Å². The third kappa shape index (κ3) is 3.68. The lowest BCUT2D eigenvalue weighted by atomic mass is 9.79. The largest absolute Gasteiger partial charge is 0.493 e. The van der Waals surface area contributed by atoms with Crippen molar-refractivity contribution in [3.63, 3.8) is 0 Å². The number of aliphatic hydroxyl groups excluding tert-OH is 1. The molecule has 2 aliphatic rings. The van der Waals surface area contributed by atoms with Gasteiger partial charge in [0, 0.05) is 19.5 Å². The van der Waals surface area contributed by atoms with Crippen LogP contribution in [0.25, 0.3) is 0 Å². The first-order valence-electron chi connectivity index (χ1n) is 9.52. The summed E-state index contributed by atoms with van der Waals surface area (Å²) >= 11 is 0. The van der Waals surface area contributed by atoms with Gasteiger partial charge in [0.25, 0.3) is 0 Å². The van der Waals surface area contributed by atoms with Crippen LogP contribution in [0.4, 0.5) is 0 Å². The molecule has 0 aromatic heterocycles. The zero-order chi connectivity index (χ0) is 18.9. The van der Waals surface area contributed by atoms with Crippen LogP contribution in [0.3, 0.4) is 0 Å². The minimum absolute atomic E-state index is 0.448. The van der Waals surface area contributed by atoms with E-state index in [4.69, 9.17) is 14.2 Å². The predicted molar refractivity (Wildman–Crippen MR) is 103 cm³/mol. The standard InChI is InChI=1S/C22H27NO4/c1-23-10-8-22(9-11-23)18-14-20(26-15-16-6-4-3-5-7-16)19(25-2)12-17(18)13-21(24)27-22/h3-7,12,14,21,24H,8-11,13,15H2,1-2H3/t21-/m0/s1. The van der Waals surface area contributed by atoms with Crippen molar-refractivity contribution in [2.45, 2.75) is 37.8 Å². The molecule has 2 aliphatic heterocycles. The molecule has 1 spiro atoms. The average molecular weight is 369 g/mol. The first kappa shape index (κ1) is 18.3. The summed E-state index contributed by atoms with van der Waals surface area (Å²) in [5.74, 6) is 1.42. The van der Waals surface area contributed by atoms with Crippen molar-refractivity contribution in [3.8, 4) is 11.5 Å². The molecule has 0 unspecified atom stereocenters. The second kappa shape index (κ2) is 7.50. The van der Waals surface area contributed by atoms with Gasteiger partial charge in [0.1, 0.15) is 6.61 Å². The molecular formula is C22H27NO4. The molecule has 27 heavy (non-hydrogen) atoms. The van der Waals surface area contributed by atoms with Crippen molar-refractivity contribution in [1.82, 2.24) is 4.90 Å². The summed E-state index contributed by atoms with van der Waals surface area (Å²) in [6.07, 6.45) is 1.42. The molecule has 2 aromatic rings. The maximum atomic E-state index is 10.3. The summed E-state index contributed by atoms with van der Waals surface area (Å²) in [6, 6.07) is 14.2. The number of rotatable bonds is 4. The van der Waals surface area contributed by atoms with Crippen LogP contribution in [-0.2, 0) is 23.4 Å². The first-order valence-corrected chi connectivity index (χ1v) is 9.52. The molecular weight excluding hydrogens is 342 g/mol. The van der Waals surface area contributed by atoms with Gasteiger partial charge in [-0.2, -0.15) is 0 Å². The van der Waals surface area contributed by atoms with Crippen LogP contribution in [-0.4, -0.2) is 43.5 Å². The second-order valence-electron chi connectivity index (χ2n) is 7.51. The molecule has 0 bridgehead atoms. The van der Waals surface area contributed by atoms with Crippen molar-refractivity contribution < 1.29 is 19.3 Å². The van der Waals surface area contributed by atoms with E-state index in [0.717, 1.165) is 48.4 Å². The number of nitrogens with zero attached hydrogens (tertiary/aromatic N) is 1. The lowest BCUT2D eigenvalue weighted by molar-refractivity contribution is -0.214. The van der Waals surface area contributed by atoms with Crippen LogP contribution in [0.1, 0.15) is 29.5 Å². The van der Waals surface area contributed by atoms with E-state index in [1.54, 1.807) is 7.11 Å². The predicted octanol–water partition coefficient (Wildman–Crippen LogP) is 3.09. The van der Waals surface area contributed by atoms with Crippen LogP contribution in [0.5, 0.6) is 11.5 Å². The lowest BCUT2D eigenvalue weighted by Gasteiger charge is -2.45. The fourth-order valence-electron chi connectivity index (χ4n) is 4.12. The van der Waals surface area contributed by atoms with Gasteiger partial charge in [-0.05, 0) is 48.7 Å². The van der Waals surface area contributed by atoms with Crippen LogP contribution in [0.15, 0.2) is 42.5 Å². The Balaban J connectivity index is 1.67. The van der Waals surface area contributed by atoms with Crippen molar-refractivity contribution in [1.29, 1.82) is 0 Å². The number of hydrogen-bond acceptors (Lipinski definition) is 5. The lowest BCUT2D eigenvalue weighted by Crippen LogP contribution is -2.47. The highest BCUT2D eigenvalue weighted by Crippen LogP contribution is 2.46. The van der Waals surface area contributed by atoms with Gasteiger partial charge in [-0.15, -0.1) is 0 Å². The molecule has 1 saturated heterocycles. The summed E-state index contributed by atoms with van der Waals surface area (Å²) < 4.78 is 17.8. The molecule has 5 heteroatoms. The third-order valence-corrected chi connectivity index (χ3v) is 5.67. The molecule has 0 saturated carbocycles. The van der Waals surface area contributed by atoms with Gasteiger partial charge in [-0.3, -0.25) is 0 Å². The summed E-state index contributed by atoms with van der Waals surface area (Å²) in [4.78, 5) is 2.30. The molecule has 0 aliphatic carbocycles. The van der Waals surface area contributed by atoms with Gasteiger partial charge in [0.15, 0.2) is 17.8 Å². The Morgan fingerprint density at radius 1 is 1.15 bits per heavy atom. The Labute approximate surface area is 160 Å². The van der Waals surface area contributed by atoms with Gasteiger partial charge in [-0.1, -0.05) is 30.3 Å². The molecule has 4 rings (SSSR count). The fraction of sp³-hybridized carbons (Fsp3) is 0.455. The average Bonchev–Trinajstić information content (AvgIpc) is 2.69. The number of benzene rings is 2. The highest BCUT2D eigenvalue weighted by atomic mass is 16.6. The zero-order valence-corrected chi connectivity index (χ0v) is 16.0. The number of fused-ring (bicyclic) bond motifs is 2. The number of methoxy groups -OCH3 is 1. The number of piperidine rings is 1. The first-order chi connectivity index (χ1) is 13.1. The monoisotopic (exact) mass is 369 g/mol. The molecule has 2 aromatic carbocycles. The summed E-state index contributed by atoms with van der Waals surface area (Å²) in [5.41, 5.74) is 2.88. The van der Waals surface area contributed by atoms with E-state index < -0.39 is 11.9 Å². The Morgan fingerprint density at radius 2 is 1.89 bits per heavy atom. The number of aliphatic hydroxyl groups is 1. The molecule has 5 nitrogen and oxygen atoms in total. The van der Waals surface area contributed by atoms with Gasteiger partial charge < -0.3 is 24.2 Å². The highest BCUT2D eigenvalue weighted by Gasteiger charge is 2.43. The Hall–Kier alpha value is -2.08. The minimum Gasteiger partial charge on any atom is -0.493 e. The van der Waals surface area contributed by atoms with Crippen molar-refractivity contribution >= 4 is 0 Å². The van der Waals surface area contributed by atoms with Crippen molar-refractivity contribution in [2.75, 3.05) is 27.2 Å². The van der Waals surface area contributed by atoms with Gasteiger partial charge >= 0.3 is 0 Å². The highest BCUT2D eigenvalue weighted by molar-refractivity contribution is 5.50. The van der Waals surface area contributed by atoms with E-state index in [1.807, 2.05) is 36.4 Å². The van der Waals surface area contributed by atoms with Gasteiger partial charge in [0.05, 0.1) is 12.7 Å². The van der Waals surface area contributed by atoms with E-state index in [9.17, 15) is 5.11 Å². The molecule has 2 heterocycles. The maximum absolute atomic E-state index is 10.3. The summed E-state index contributed by atoms with van der Waals surface area (Å²) in [7, 11) is 3.77. The zero-order valence-electron chi connectivity index (χ0n) is 16.0. The molecule has 1 N–H and O–H groups in total. The SMILES string of the molecule is COc1cc2c(cc1OCc1ccccc1)C1(CCN(C)CC1)O[C@H](O)C2. The fourth-order valence-corrected chi connectivity index (χ4v) is 4.12. The summed E-state index contributed by atoms with van der Waals surface area (Å²) in [5, 5.41) is 10.3. The van der Waals surface area contributed by atoms with Crippen LogP contribution < -0.4 is 9.47 Å². The Morgan fingerprint density at radius 3 is 2.59 bits per heavy atom. The molecule has 1 atom stereocenters. The Bertz CT molecular complexity index is 784. The normalized spacial score (nSPS) is 21.7. The van der Waals surface area contributed by atoms with Gasteiger partial charge in [-0.25, -0.2) is 0 Å². The number of hydrogen-bond donors (Lipinski definition) is 1. The van der Waals surface area contributed by atoms with Gasteiger partial charge in [0.2, 0.25) is 0 Å². The van der Waals surface area contributed by atoms with E-state index in [2.05, 4.69) is 18.0 Å². The van der Waals surface area contributed by atoms with Crippen LogP contribution in [0.2, 0.25) is 0 Å². The topological polar surface area (TPSA) is 51.2 Å². The molecule has 144 valence electrons. The quantitative estimate of drug-likeness (QED) is 0.898. The van der Waals surface area contributed by atoms with Crippen molar-refractivity contribution in [2.24, 2.45) is 0 Å². The summed E-state index contributed by atoms with van der Waals surface area (Å²) in [6.45, 7) is 2.37. The van der Waals surface area contributed by atoms with E-state index in [1.165, 1.54) is 0 Å². The van der Waals surface area contributed by atoms with E-state index in [-0.39, 0.29) is 0 Å². The molecule has 1 fully saturated rings. The van der Waals surface area contributed by atoms with Crippen LogP contribution >= 0.6 is 0 Å². The maximum Gasteiger partial charge on any atom is 0.162 e. The molecule has 0 amide bonds. The van der Waals surface area contributed by atoms with E-state index in [0.29, 0.717) is 18.8 Å². The third-order valence-electron chi connectivity index (χ3n) is 5.67. The second-order valence-corrected chi connectivity index (χ2v) is 7.51. The minimum atomic E-state index is -0.776. The number of ether oxygens (including phenoxy) is 3. The Kier molecular flexibility index (Phi) is 5.08. The van der Waals surface area contributed by atoms with Crippen LogP contribution in [0, 0.1) is 0 Å². The van der Waals surface area contributed by atoms with Crippen molar-refractivity contribution in [3.05, 3.63) is 59.2 Å². The number of likely N-dealkylation sites (tertiary alicyclic amines) is 1.